The number of nitrogens with one attached hydrogen (secondary N) is 2. The summed E-state index contributed by atoms with van der Waals surface area (Å²) in [6.45, 7) is 4.40. The summed E-state index contributed by atoms with van der Waals surface area (Å²) in [5.74, 6) is -0.312. The van der Waals surface area contributed by atoms with Gasteiger partial charge in [0.25, 0.3) is 0 Å². The predicted molar refractivity (Wildman–Crippen MR) is 70.3 cm³/mol. The normalized spacial score (nSPS) is 21.7. The van der Waals surface area contributed by atoms with Crippen molar-refractivity contribution >= 4 is 11.8 Å². The molecule has 2 amide bonds. The third kappa shape index (κ3) is 2.62. The molecule has 2 heterocycles. The van der Waals surface area contributed by atoms with Crippen LogP contribution in [0.4, 0.5) is 0 Å². The summed E-state index contributed by atoms with van der Waals surface area (Å²) in [7, 11) is 1.75. The molecule has 2 rings (SSSR count). The van der Waals surface area contributed by atoms with Gasteiger partial charge < -0.3 is 10.2 Å². The number of nitrogens with zero attached hydrogens (tertiary/aromatic N) is 2. The van der Waals surface area contributed by atoms with Gasteiger partial charge in [-0.05, 0) is 19.9 Å². The van der Waals surface area contributed by atoms with Gasteiger partial charge in [-0.25, -0.2) is 0 Å². The minimum atomic E-state index is -0.421. The molecule has 1 atom stereocenters. The highest BCUT2D eigenvalue weighted by atomic mass is 16.2. The number of hydrogen-bond donors (Lipinski definition) is 2. The van der Waals surface area contributed by atoms with E-state index in [-0.39, 0.29) is 17.7 Å². The molecular weight excluding hydrogens is 244 g/mol. The van der Waals surface area contributed by atoms with Crippen LogP contribution in [0.1, 0.15) is 26.0 Å². The first kappa shape index (κ1) is 13.6. The van der Waals surface area contributed by atoms with E-state index in [0.29, 0.717) is 19.4 Å². The molecule has 0 bridgehead atoms. The number of aromatic nitrogens is 2. The lowest BCUT2D eigenvalue weighted by atomic mass is 9.88. The van der Waals surface area contributed by atoms with E-state index in [1.807, 2.05) is 19.9 Å². The molecule has 0 aromatic carbocycles. The van der Waals surface area contributed by atoms with Gasteiger partial charge in [-0.2, -0.15) is 5.10 Å². The first-order valence-electron chi connectivity index (χ1n) is 6.45. The SMILES string of the molecule is CN1C(=O)C[C@@H](C(=O)NCCc2ccn[nH]2)C1(C)C. The maximum absolute atomic E-state index is 12.2. The van der Waals surface area contributed by atoms with Crippen molar-refractivity contribution < 1.29 is 9.59 Å². The van der Waals surface area contributed by atoms with E-state index in [4.69, 9.17) is 0 Å². The second-order valence-electron chi connectivity index (χ2n) is 5.49. The smallest absolute Gasteiger partial charge is 0.226 e. The highest BCUT2D eigenvalue weighted by Crippen LogP contribution is 2.34. The molecule has 1 fully saturated rings. The lowest BCUT2D eigenvalue weighted by Gasteiger charge is -2.32. The Morgan fingerprint density at radius 2 is 2.37 bits per heavy atom. The lowest BCUT2D eigenvalue weighted by molar-refractivity contribution is -0.128. The van der Waals surface area contributed by atoms with Crippen molar-refractivity contribution in [2.24, 2.45) is 5.92 Å². The first-order valence-corrected chi connectivity index (χ1v) is 6.45. The summed E-state index contributed by atoms with van der Waals surface area (Å²) in [5.41, 5.74) is 0.564. The van der Waals surface area contributed by atoms with Crippen LogP contribution in [-0.2, 0) is 16.0 Å². The molecule has 0 unspecified atom stereocenters. The van der Waals surface area contributed by atoms with Crippen molar-refractivity contribution in [3.63, 3.8) is 0 Å². The summed E-state index contributed by atoms with van der Waals surface area (Å²) in [4.78, 5) is 25.5. The van der Waals surface area contributed by atoms with Crippen LogP contribution >= 0.6 is 0 Å². The Bertz CT molecular complexity index is 467. The van der Waals surface area contributed by atoms with Crippen molar-refractivity contribution in [3.8, 4) is 0 Å². The van der Waals surface area contributed by atoms with Gasteiger partial charge in [-0.3, -0.25) is 14.7 Å². The standard InChI is InChI=1S/C13H20N4O2/c1-13(2)10(8-11(18)17(13)3)12(19)14-6-4-9-5-7-15-16-9/h5,7,10H,4,6,8H2,1-3H3,(H,14,19)(H,15,16)/t10-/m0/s1. The van der Waals surface area contributed by atoms with Crippen LogP contribution in [0.25, 0.3) is 0 Å². The lowest BCUT2D eigenvalue weighted by Crippen LogP contribution is -2.47. The maximum atomic E-state index is 12.2. The molecule has 0 radical (unpaired) electrons. The fourth-order valence-corrected chi connectivity index (χ4v) is 2.40. The fraction of sp³-hybridized carbons (Fsp3) is 0.615. The van der Waals surface area contributed by atoms with Crippen LogP contribution in [0, 0.1) is 5.92 Å². The van der Waals surface area contributed by atoms with E-state index >= 15 is 0 Å². The van der Waals surface area contributed by atoms with Gasteiger partial charge in [0.2, 0.25) is 11.8 Å². The molecule has 0 saturated carbocycles. The zero-order chi connectivity index (χ0) is 14.0. The van der Waals surface area contributed by atoms with Gasteiger partial charge in [0.15, 0.2) is 0 Å². The Labute approximate surface area is 112 Å². The second kappa shape index (κ2) is 5.03. The minimum Gasteiger partial charge on any atom is -0.355 e. The van der Waals surface area contributed by atoms with Crippen molar-refractivity contribution in [1.29, 1.82) is 0 Å². The second-order valence-corrected chi connectivity index (χ2v) is 5.49. The predicted octanol–water partition coefficient (Wildman–Crippen LogP) is 0.325. The van der Waals surface area contributed by atoms with E-state index in [1.54, 1.807) is 18.1 Å². The molecule has 1 aromatic rings. The summed E-state index contributed by atoms with van der Waals surface area (Å²) < 4.78 is 0. The minimum absolute atomic E-state index is 0.0266. The van der Waals surface area contributed by atoms with Crippen molar-refractivity contribution in [2.75, 3.05) is 13.6 Å². The van der Waals surface area contributed by atoms with Gasteiger partial charge >= 0.3 is 0 Å². The first-order chi connectivity index (χ1) is 8.93. The Balaban J connectivity index is 1.88. The summed E-state index contributed by atoms with van der Waals surface area (Å²) >= 11 is 0. The summed E-state index contributed by atoms with van der Waals surface area (Å²) in [6.07, 6.45) is 2.69. The van der Waals surface area contributed by atoms with Crippen LogP contribution < -0.4 is 5.32 Å². The maximum Gasteiger partial charge on any atom is 0.226 e. The van der Waals surface area contributed by atoms with E-state index in [1.165, 1.54) is 0 Å². The Kier molecular flexibility index (Phi) is 3.59. The van der Waals surface area contributed by atoms with Gasteiger partial charge in [-0.1, -0.05) is 0 Å². The van der Waals surface area contributed by atoms with Crippen LogP contribution in [0.2, 0.25) is 0 Å². The Hall–Kier alpha value is -1.85. The molecule has 1 aliphatic rings. The molecule has 2 N–H and O–H groups in total. The molecule has 1 aromatic heterocycles. The van der Waals surface area contributed by atoms with Crippen LogP contribution in [0.5, 0.6) is 0 Å². The largest absolute Gasteiger partial charge is 0.355 e. The average molecular weight is 264 g/mol. The summed E-state index contributed by atoms with van der Waals surface area (Å²) in [5, 5.41) is 9.59. The van der Waals surface area contributed by atoms with Gasteiger partial charge in [0.05, 0.1) is 5.92 Å². The van der Waals surface area contributed by atoms with Gasteiger partial charge in [-0.15, -0.1) is 0 Å². The topological polar surface area (TPSA) is 78.1 Å². The third-order valence-electron chi connectivity index (χ3n) is 4.04. The van der Waals surface area contributed by atoms with Crippen molar-refractivity contribution in [3.05, 3.63) is 18.0 Å². The molecule has 0 spiro atoms. The third-order valence-corrected chi connectivity index (χ3v) is 4.04. The molecular formula is C13H20N4O2. The van der Waals surface area contributed by atoms with Crippen molar-refractivity contribution in [2.45, 2.75) is 32.2 Å². The average Bonchev–Trinajstić information content (AvgIpc) is 2.93. The monoisotopic (exact) mass is 264 g/mol. The zero-order valence-electron chi connectivity index (χ0n) is 11.6. The van der Waals surface area contributed by atoms with Crippen molar-refractivity contribution in [1.82, 2.24) is 20.4 Å². The zero-order valence-corrected chi connectivity index (χ0v) is 11.6. The number of hydrogen-bond acceptors (Lipinski definition) is 3. The fourth-order valence-electron chi connectivity index (χ4n) is 2.40. The number of H-pyrrole nitrogens is 1. The molecule has 6 heteroatoms. The molecule has 6 nitrogen and oxygen atoms in total. The number of aromatic amines is 1. The quantitative estimate of drug-likeness (QED) is 0.822. The summed E-state index contributed by atoms with van der Waals surface area (Å²) in [6, 6.07) is 1.88. The number of carbonyl (C=O) groups excluding carboxylic acids is 2. The number of amides is 2. The number of likely N-dealkylation sites (tertiary alicyclic amines) is 1. The van der Waals surface area contributed by atoms with Crippen LogP contribution in [0.15, 0.2) is 12.3 Å². The number of carbonyl (C=O) groups is 2. The van der Waals surface area contributed by atoms with Gasteiger partial charge in [0.1, 0.15) is 0 Å². The van der Waals surface area contributed by atoms with E-state index in [0.717, 1.165) is 5.69 Å². The van der Waals surface area contributed by atoms with Crippen LogP contribution in [-0.4, -0.2) is 46.0 Å². The molecule has 0 aliphatic carbocycles. The van der Waals surface area contributed by atoms with E-state index < -0.39 is 5.54 Å². The Morgan fingerprint density at radius 1 is 1.63 bits per heavy atom. The Morgan fingerprint density at radius 3 is 2.89 bits per heavy atom. The molecule has 19 heavy (non-hydrogen) atoms. The number of rotatable bonds is 4. The highest BCUT2D eigenvalue weighted by Gasteiger charge is 2.47. The molecule has 104 valence electrons. The van der Waals surface area contributed by atoms with Gasteiger partial charge in [0, 0.05) is 43.9 Å². The molecule has 1 aliphatic heterocycles. The highest BCUT2D eigenvalue weighted by molar-refractivity contribution is 5.90. The molecule has 1 saturated heterocycles. The van der Waals surface area contributed by atoms with E-state index in [2.05, 4.69) is 15.5 Å². The van der Waals surface area contributed by atoms with Crippen LogP contribution in [0.3, 0.4) is 0 Å². The van der Waals surface area contributed by atoms with E-state index in [9.17, 15) is 9.59 Å².